The molecule has 126 valence electrons. The molecule has 0 aliphatic carbocycles. The van der Waals surface area contributed by atoms with E-state index >= 15 is 0 Å². The number of carbonyl (C=O) groups excluding carboxylic acids is 2. The van der Waals surface area contributed by atoms with E-state index < -0.39 is 11.7 Å². The van der Waals surface area contributed by atoms with Crippen LogP contribution in [0.4, 0.5) is 18.9 Å². The smallest absolute Gasteiger partial charge is 0.341 e. The van der Waals surface area contributed by atoms with Crippen molar-refractivity contribution >= 4 is 17.5 Å². The van der Waals surface area contributed by atoms with Crippen molar-refractivity contribution in [3.05, 3.63) is 29.8 Å². The average Bonchev–Trinajstić information content (AvgIpc) is 2.52. The van der Waals surface area contributed by atoms with Gasteiger partial charge in [0.1, 0.15) is 6.54 Å². The summed E-state index contributed by atoms with van der Waals surface area (Å²) in [6.45, 7) is 2.47. The molecule has 23 heavy (non-hydrogen) atoms. The number of carbonyl (C=O) groups is 2. The summed E-state index contributed by atoms with van der Waals surface area (Å²) in [7, 11) is 0. The van der Waals surface area contributed by atoms with Gasteiger partial charge in [-0.15, -0.1) is 0 Å². The topological polar surface area (TPSA) is 40.6 Å². The van der Waals surface area contributed by atoms with Gasteiger partial charge in [0.05, 0.1) is 5.56 Å². The molecule has 0 unspecified atom stereocenters. The van der Waals surface area contributed by atoms with Crippen molar-refractivity contribution in [3.8, 4) is 0 Å². The lowest BCUT2D eigenvalue weighted by Crippen LogP contribution is -2.44. The second-order valence-corrected chi connectivity index (χ2v) is 5.59. The SMILES string of the molecule is CC(=O)N(CC(=O)N1CCCCC1)c1ccc(C(F)(F)F)cc1. The molecule has 7 heteroatoms. The molecule has 0 aromatic heterocycles. The first-order chi connectivity index (χ1) is 10.8. The second kappa shape index (κ2) is 7.02. The molecule has 1 aromatic rings. The number of hydrogen-bond acceptors (Lipinski definition) is 2. The highest BCUT2D eigenvalue weighted by Crippen LogP contribution is 2.30. The molecular formula is C16H19F3N2O2. The Hall–Kier alpha value is -2.05. The number of anilines is 1. The fourth-order valence-electron chi connectivity index (χ4n) is 2.59. The van der Waals surface area contributed by atoms with Gasteiger partial charge in [0.15, 0.2) is 0 Å². The van der Waals surface area contributed by atoms with Crippen molar-refractivity contribution in [1.82, 2.24) is 4.90 Å². The van der Waals surface area contributed by atoms with E-state index in [-0.39, 0.29) is 24.0 Å². The Kier molecular flexibility index (Phi) is 5.28. The van der Waals surface area contributed by atoms with Crippen LogP contribution in [0.15, 0.2) is 24.3 Å². The minimum atomic E-state index is -4.43. The lowest BCUT2D eigenvalue weighted by Gasteiger charge is -2.29. The van der Waals surface area contributed by atoms with Crippen molar-refractivity contribution in [1.29, 1.82) is 0 Å². The fraction of sp³-hybridized carbons (Fsp3) is 0.500. The highest BCUT2D eigenvalue weighted by molar-refractivity contribution is 5.97. The Morgan fingerprint density at radius 1 is 1.09 bits per heavy atom. The van der Waals surface area contributed by atoms with Crippen LogP contribution in [0.1, 0.15) is 31.7 Å². The molecule has 2 amide bonds. The Bertz CT molecular complexity index is 564. The van der Waals surface area contributed by atoms with Crippen molar-refractivity contribution in [3.63, 3.8) is 0 Å². The van der Waals surface area contributed by atoms with Crippen LogP contribution in [0, 0.1) is 0 Å². The van der Waals surface area contributed by atoms with Gasteiger partial charge in [0.25, 0.3) is 0 Å². The molecule has 0 radical (unpaired) electrons. The molecular weight excluding hydrogens is 309 g/mol. The van der Waals surface area contributed by atoms with Gasteiger partial charge in [-0.3, -0.25) is 9.59 Å². The summed E-state index contributed by atoms with van der Waals surface area (Å²) in [5, 5.41) is 0. The first kappa shape index (κ1) is 17.3. The van der Waals surface area contributed by atoms with Gasteiger partial charge < -0.3 is 9.80 Å². The zero-order valence-electron chi connectivity index (χ0n) is 12.9. The number of hydrogen-bond donors (Lipinski definition) is 0. The monoisotopic (exact) mass is 328 g/mol. The lowest BCUT2D eigenvalue weighted by atomic mass is 10.1. The Balaban J connectivity index is 2.11. The van der Waals surface area contributed by atoms with E-state index in [1.54, 1.807) is 4.90 Å². The number of alkyl halides is 3. The first-order valence-corrected chi connectivity index (χ1v) is 7.52. The van der Waals surface area contributed by atoms with Crippen LogP contribution in [-0.4, -0.2) is 36.3 Å². The number of rotatable bonds is 3. The average molecular weight is 328 g/mol. The summed E-state index contributed by atoms with van der Waals surface area (Å²) in [5.74, 6) is -0.560. The summed E-state index contributed by atoms with van der Waals surface area (Å²) in [4.78, 5) is 26.9. The number of nitrogens with zero attached hydrogens (tertiary/aromatic N) is 2. The number of likely N-dealkylation sites (tertiary alicyclic amines) is 1. The molecule has 0 bridgehead atoms. The molecule has 0 saturated carbocycles. The van der Waals surface area contributed by atoms with Crippen molar-refractivity contribution in [2.75, 3.05) is 24.5 Å². The number of benzene rings is 1. The molecule has 2 rings (SSSR count). The van der Waals surface area contributed by atoms with Crippen molar-refractivity contribution < 1.29 is 22.8 Å². The van der Waals surface area contributed by atoms with Crippen LogP contribution >= 0.6 is 0 Å². The maximum absolute atomic E-state index is 12.6. The highest BCUT2D eigenvalue weighted by atomic mass is 19.4. The van der Waals surface area contributed by atoms with E-state index in [0.29, 0.717) is 13.1 Å². The molecule has 1 aliphatic rings. The summed E-state index contributed by atoms with van der Waals surface area (Å²) in [6, 6.07) is 4.26. The van der Waals surface area contributed by atoms with E-state index in [2.05, 4.69) is 0 Å². The molecule has 1 saturated heterocycles. The number of piperidine rings is 1. The van der Waals surface area contributed by atoms with E-state index in [4.69, 9.17) is 0 Å². The van der Waals surface area contributed by atoms with Crippen LogP contribution in [0.2, 0.25) is 0 Å². The summed E-state index contributed by atoms with van der Waals surface area (Å²) >= 11 is 0. The van der Waals surface area contributed by atoms with E-state index in [1.807, 2.05) is 0 Å². The van der Waals surface area contributed by atoms with Crippen molar-refractivity contribution in [2.24, 2.45) is 0 Å². The van der Waals surface area contributed by atoms with Gasteiger partial charge in [-0.25, -0.2) is 0 Å². The third kappa shape index (κ3) is 4.46. The van der Waals surface area contributed by atoms with Gasteiger partial charge >= 0.3 is 6.18 Å². The predicted octanol–water partition coefficient (Wildman–Crippen LogP) is 3.07. The third-order valence-corrected chi connectivity index (χ3v) is 3.89. The molecule has 4 nitrogen and oxygen atoms in total. The molecule has 0 spiro atoms. The molecule has 1 heterocycles. The summed E-state index contributed by atoms with van der Waals surface area (Å²) in [6.07, 6.45) is -1.47. The van der Waals surface area contributed by atoms with Crippen LogP contribution in [0.3, 0.4) is 0 Å². The summed E-state index contributed by atoms with van der Waals surface area (Å²) < 4.78 is 37.8. The molecule has 0 N–H and O–H groups in total. The van der Waals surface area contributed by atoms with Crippen molar-refractivity contribution in [2.45, 2.75) is 32.4 Å². The predicted molar refractivity (Wildman–Crippen MR) is 79.9 cm³/mol. The van der Waals surface area contributed by atoms with E-state index in [0.717, 1.165) is 31.4 Å². The molecule has 1 fully saturated rings. The zero-order valence-corrected chi connectivity index (χ0v) is 12.9. The first-order valence-electron chi connectivity index (χ1n) is 7.52. The maximum atomic E-state index is 12.6. The third-order valence-electron chi connectivity index (χ3n) is 3.89. The Labute approximate surface area is 132 Å². The number of halogens is 3. The fourth-order valence-corrected chi connectivity index (χ4v) is 2.59. The van der Waals surface area contributed by atoms with Crippen LogP contribution < -0.4 is 4.90 Å². The van der Waals surface area contributed by atoms with E-state index in [1.165, 1.54) is 24.0 Å². The minimum absolute atomic E-state index is 0.152. The van der Waals surface area contributed by atoms with Gasteiger partial charge in [-0.05, 0) is 43.5 Å². The summed E-state index contributed by atoms with van der Waals surface area (Å²) in [5.41, 5.74) is -0.497. The quantitative estimate of drug-likeness (QED) is 0.855. The van der Waals surface area contributed by atoms with Crippen LogP contribution in [-0.2, 0) is 15.8 Å². The van der Waals surface area contributed by atoms with Crippen LogP contribution in [0.5, 0.6) is 0 Å². The van der Waals surface area contributed by atoms with Gasteiger partial charge in [0.2, 0.25) is 11.8 Å². The molecule has 0 atom stereocenters. The van der Waals surface area contributed by atoms with Gasteiger partial charge in [-0.1, -0.05) is 0 Å². The molecule has 1 aromatic carbocycles. The van der Waals surface area contributed by atoms with Gasteiger partial charge in [0, 0.05) is 25.7 Å². The van der Waals surface area contributed by atoms with Gasteiger partial charge in [-0.2, -0.15) is 13.2 Å². The van der Waals surface area contributed by atoms with E-state index in [9.17, 15) is 22.8 Å². The minimum Gasteiger partial charge on any atom is -0.341 e. The zero-order chi connectivity index (χ0) is 17.0. The van der Waals surface area contributed by atoms with Crippen LogP contribution in [0.25, 0.3) is 0 Å². The highest BCUT2D eigenvalue weighted by Gasteiger charge is 2.30. The Morgan fingerprint density at radius 2 is 1.65 bits per heavy atom. The standard InChI is InChI=1S/C16H19F3N2O2/c1-12(22)21(11-15(23)20-9-3-2-4-10-20)14-7-5-13(6-8-14)16(17,18)19/h5-8H,2-4,9-11H2,1H3. The largest absolute Gasteiger partial charge is 0.416 e. The number of amides is 2. The Morgan fingerprint density at radius 3 is 2.13 bits per heavy atom. The second-order valence-electron chi connectivity index (χ2n) is 5.59. The maximum Gasteiger partial charge on any atom is 0.416 e. The normalized spacial score (nSPS) is 15.4. The lowest BCUT2D eigenvalue weighted by molar-refractivity contribution is -0.137. The molecule has 1 aliphatic heterocycles.